The summed E-state index contributed by atoms with van der Waals surface area (Å²) in [6, 6.07) is 15.0. The van der Waals surface area contributed by atoms with E-state index in [1.54, 1.807) is 0 Å². The molecule has 2 unspecified atom stereocenters. The first-order valence-electron chi connectivity index (χ1n) is 16.3. The Morgan fingerprint density at radius 1 is 0.625 bits per heavy atom. The lowest BCUT2D eigenvalue weighted by atomic mass is 10.0. The maximum Gasteiger partial charge on any atom is 0.343 e. The number of hydrogen-bond donors (Lipinski definition) is 0. The Kier molecular flexibility index (Phi) is 18.1. The molecule has 0 aromatic heterocycles. The van der Waals surface area contributed by atoms with Gasteiger partial charge in [-0.25, -0.2) is 4.79 Å². The average molecular weight is 553 g/mol. The van der Waals surface area contributed by atoms with Crippen molar-refractivity contribution in [1.29, 1.82) is 0 Å². The van der Waals surface area contributed by atoms with E-state index in [4.69, 9.17) is 14.2 Å². The molecule has 4 nitrogen and oxygen atoms in total. The van der Waals surface area contributed by atoms with Gasteiger partial charge in [0.15, 0.2) is 0 Å². The van der Waals surface area contributed by atoms with Crippen molar-refractivity contribution in [2.45, 2.75) is 143 Å². The Labute approximate surface area is 245 Å². The molecule has 2 aromatic carbocycles. The normalized spacial score (nSPS) is 12.7. The van der Waals surface area contributed by atoms with E-state index in [1.807, 2.05) is 48.5 Å². The van der Waals surface area contributed by atoms with E-state index >= 15 is 0 Å². The minimum absolute atomic E-state index is 0.0103. The molecule has 0 saturated carbocycles. The van der Waals surface area contributed by atoms with Crippen molar-refractivity contribution in [2.75, 3.05) is 6.61 Å². The van der Waals surface area contributed by atoms with Gasteiger partial charge < -0.3 is 14.2 Å². The number of ether oxygens (including phenoxy) is 3. The molecule has 0 radical (unpaired) electrons. The number of unbranched alkanes of at least 4 members (excludes halogenated alkanes) is 11. The molecule has 0 bridgehead atoms. The van der Waals surface area contributed by atoms with Crippen LogP contribution in [0, 0.1) is 0 Å². The summed E-state index contributed by atoms with van der Waals surface area (Å²) >= 11 is 0. The van der Waals surface area contributed by atoms with Crippen LogP contribution < -0.4 is 9.47 Å². The second kappa shape index (κ2) is 21.4. The summed E-state index contributed by atoms with van der Waals surface area (Å²) in [5.41, 5.74) is 1.60. The fourth-order valence-electron chi connectivity index (χ4n) is 4.99. The molecule has 0 heterocycles. The first-order chi connectivity index (χ1) is 19.6. The Bertz CT molecular complexity index is 890. The minimum Gasteiger partial charge on any atom is -0.490 e. The molecule has 2 rings (SSSR count). The lowest BCUT2D eigenvalue weighted by molar-refractivity contribution is 0.0626. The van der Waals surface area contributed by atoms with Gasteiger partial charge in [-0.15, -0.1) is 0 Å². The zero-order valence-corrected chi connectivity index (χ0v) is 25.9. The third kappa shape index (κ3) is 14.3. The zero-order chi connectivity index (χ0) is 28.8. The molecule has 0 fully saturated rings. The number of esters is 1. The zero-order valence-electron chi connectivity index (χ0n) is 25.9. The molecule has 40 heavy (non-hydrogen) atoms. The maximum absolute atomic E-state index is 12.7. The van der Waals surface area contributed by atoms with Crippen LogP contribution in [-0.4, -0.2) is 18.7 Å². The number of carbonyl (C=O) groups is 1. The highest BCUT2D eigenvalue weighted by Crippen LogP contribution is 2.24. The fourth-order valence-corrected chi connectivity index (χ4v) is 4.99. The van der Waals surface area contributed by atoms with Crippen LogP contribution in [0.1, 0.15) is 152 Å². The van der Waals surface area contributed by atoms with Crippen LogP contribution in [0.5, 0.6) is 11.5 Å². The van der Waals surface area contributed by atoms with Crippen molar-refractivity contribution in [3.63, 3.8) is 0 Å². The van der Waals surface area contributed by atoms with Gasteiger partial charge in [-0.3, -0.25) is 0 Å². The summed E-state index contributed by atoms with van der Waals surface area (Å²) in [5.74, 6) is 1.00. The maximum atomic E-state index is 12.7. The van der Waals surface area contributed by atoms with Crippen LogP contribution in [0.25, 0.3) is 0 Å². The predicted molar refractivity (Wildman–Crippen MR) is 168 cm³/mol. The molecule has 0 amide bonds. The van der Waals surface area contributed by atoms with E-state index in [2.05, 4.69) is 27.7 Å². The number of benzene rings is 2. The summed E-state index contributed by atoms with van der Waals surface area (Å²) in [6.45, 7) is 9.51. The predicted octanol–water partition coefficient (Wildman–Crippen LogP) is 11.0. The van der Waals surface area contributed by atoms with Gasteiger partial charge >= 0.3 is 5.97 Å². The van der Waals surface area contributed by atoms with E-state index in [-0.39, 0.29) is 18.2 Å². The third-order valence-corrected chi connectivity index (χ3v) is 7.56. The minimum atomic E-state index is -0.359. The lowest BCUT2D eigenvalue weighted by Crippen LogP contribution is -2.16. The second-order valence-corrected chi connectivity index (χ2v) is 11.2. The van der Waals surface area contributed by atoms with Gasteiger partial charge in [0.1, 0.15) is 11.5 Å². The van der Waals surface area contributed by atoms with Crippen molar-refractivity contribution >= 4 is 5.97 Å². The summed E-state index contributed by atoms with van der Waals surface area (Å²) in [6.07, 6.45) is 20.4. The van der Waals surface area contributed by atoms with Gasteiger partial charge in [-0.05, 0) is 74.6 Å². The van der Waals surface area contributed by atoms with E-state index < -0.39 is 0 Å². The molecule has 224 valence electrons. The van der Waals surface area contributed by atoms with Gasteiger partial charge in [0.25, 0.3) is 0 Å². The fraction of sp³-hybridized carbons (Fsp3) is 0.639. The third-order valence-electron chi connectivity index (χ3n) is 7.56. The monoisotopic (exact) mass is 552 g/mol. The Balaban J connectivity index is 1.74. The van der Waals surface area contributed by atoms with Crippen LogP contribution in [0.4, 0.5) is 0 Å². The van der Waals surface area contributed by atoms with Gasteiger partial charge in [0, 0.05) is 6.61 Å². The number of hydrogen-bond acceptors (Lipinski definition) is 4. The van der Waals surface area contributed by atoms with Crippen LogP contribution in [0.2, 0.25) is 0 Å². The first kappa shape index (κ1) is 33.9. The average Bonchev–Trinajstić information content (AvgIpc) is 2.97. The molecule has 0 aliphatic heterocycles. The number of rotatable bonds is 23. The van der Waals surface area contributed by atoms with Crippen LogP contribution in [0.15, 0.2) is 48.5 Å². The van der Waals surface area contributed by atoms with Crippen molar-refractivity contribution in [3.8, 4) is 11.5 Å². The lowest BCUT2D eigenvalue weighted by Gasteiger charge is -2.19. The Hall–Kier alpha value is -2.33. The smallest absolute Gasteiger partial charge is 0.343 e. The van der Waals surface area contributed by atoms with Crippen LogP contribution in [0.3, 0.4) is 0 Å². The largest absolute Gasteiger partial charge is 0.490 e. The van der Waals surface area contributed by atoms with E-state index in [9.17, 15) is 4.79 Å². The molecule has 0 saturated heterocycles. The molecule has 0 N–H and O–H groups in total. The van der Waals surface area contributed by atoms with Gasteiger partial charge in [-0.1, -0.05) is 110 Å². The highest BCUT2D eigenvalue weighted by Gasteiger charge is 2.13. The van der Waals surface area contributed by atoms with E-state index in [0.29, 0.717) is 11.3 Å². The standard InChI is InChI=1S/C36H56O4/c1-5-8-10-12-13-14-15-16-17-20-33(19-7-3)39-34-25-27-35(28-26-34)40-36(37)32-23-21-31(22-24-32)30(4)38-29-18-11-9-6-2/h21-28,30,33H,5-20,29H2,1-4H3. The van der Waals surface area contributed by atoms with Crippen molar-refractivity contribution in [1.82, 2.24) is 0 Å². The molecular formula is C36H56O4. The van der Waals surface area contributed by atoms with E-state index in [1.165, 1.54) is 77.0 Å². The van der Waals surface area contributed by atoms with Gasteiger partial charge in [0.05, 0.1) is 17.8 Å². The Morgan fingerprint density at radius 2 is 1.18 bits per heavy atom. The first-order valence-corrected chi connectivity index (χ1v) is 16.3. The molecule has 4 heteroatoms. The highest BCUT2D eigenvalue weighted by atomic mass is 16.5. The van der Waals surface area contributed by atoms with Crippen molar-refractivity contribution < 1.29 is 19.0 Å². The summed E-state index contributed by atoms with van der Waals surface area (Å²) in [7, 11) is 0. The SMILES string of the molecule is CCCCCCCCCCCC(CCC)Oc1ccc(OC(=O)c2ccc(C(C)OCCCCCC)cc2)cc1. The topological polar surface area (TPSA) is 44.8 Å². The second-order valence-electron chi connectivity index (χ2n) is 11.2. The van der Waals surface area contributed by atoms with Crippen molar-refractivity contribution in [3.05, 3.63) is 59.7 Å². The molecule has 2 aromatic rings. The van der Waals surface area contributed by atoms with Crippen molar-refractivity contribution in [2.24, 2.45) is 0 Å². The van der Waals surface area contributed by atoms with E-state index in [0.717, 1.165) is 43.6 Å². The summed E-state index contributed by atoms with van der Waals surface area (Å²) < 4.78 is 17.9. The van der Waals surface area contributed by atoms with Crippen LogP contribution >= 0.6 is 0 Å². The van der Waals surface area contributed by atoms with Gasteiger partial charge in [0.2, 0.25) is 0 Å². The quantitative estimate of drug-likeness (QED) is 0.0781. The molecule has 0 spiro atoms. The molecular weight excluding hydrogens is 496 g/mol. The molecule has 2 atom stereocenters. The van der Waals surface area contributed by atoms with Crippen LogP contribution in [-0.2, 0) is 4.74 Å². The molecule has 0 aliphatic rings. The Morgan fingerprint density at radius 3 is 1.77 bits per heavy atom. The number of carbonyl (C=O) groups excluding carboxylic acids is 1. The summed E-state index contributed by atoms with van der Waals surface area (Å²) in [4.78, 5) is 12.7. The summed E-state index contributed by atoms with van der Waals surface area (Å²) in [5, 5.41) is 0. The highest BCUT2D eigenvalue weighted by molar-refractivity contribution is 5.91. The van der Waals surface area contributed by atoms with Gasteiger partial charge in [-0.2, -0.15) is 0 Å². The molecule has 0 aliphatic carbocycles.